The van der Waals surface area contributed by atoms with E-state index in [2.05, 4.69) is 17.2 Å². The number of hydrogen-bond donors (Lipinski definition) is 1. The van der Waals surface area contributed by atoms with E-state index in [4.69, 9.17) is 4.74 Å². The van der Waals surface area contributed by atoms with Crippen LogP contribution in [0.4, 0.5) is 10.5 Å². The summed E-state index contributed by atoms with van der Waals surface area (Å²) in [7, 11) is 5.12. The molecule has 2 aromatic carbocycles. The van der Waals surface area contributed by atoms with Crippen LogP contribution in [0.2, 0.25) is 0 Å². The van der Waals surface area contributed by atoms with Crippen LogP contribution in [-0.2, 0) is 0 Å². The zero-order chi connectivity index (χ0) is 17.4. The summed E-state index contributed by atoms with van der Waals surface area (Å²) < 4.78 is 5.12. The summed E-state index contributed by atoms with van der Waals surface area (Å²) in [5, 5.41) is 3.25. The summed E-state index contributed by atoms with van der Waals surface area (Å²) in [6, 6.07) is 15.3. The Kier molecular flexibility index (Phi) is 6.59. The van der Waals surface area contributed by atoms with Crippen molar-refractivity contribution in [3.8, 4) is 17.6 Å². The van der Waals surface area contributed by atoms with Gasteiger partial charge >= 0.3 is 0 Å². The summed E-state index contributed by atoms with van der Waals surface area (Å²) in [5.74, 6) is 6.99. The number of para-hydroxylation sites is 1. The van der Waals surface area contributed by atoms with Crippen molar-refractivity contribution in [2.75, 3.05) is 33.1 Å². The molecule has 1 N–H and O–H groups in total. The maximum atomic E-state index is 11.9. The van der Waals surface area contributed by atoms with E-state index in [1.165, 1.54) is 11.8 Å². The van der Waals surface area contributed by atoms with Gasteiger partial charge in [-0.3, -0.25) is 4.79 Å². The van der Waals surface area contributed by atoms with Gasteiger partial charge < -0.3 is 15.0 Å². The first-order chi connectivity index (χ1) is 11.6. The topological polar surface area (TPSA) is 41.6 Å². The molecular weight excluding hydrogens is 320 g/mol. The van der Waals surface area contributed by atoms with Crippen LogP contribution in [0.1, 0.15) is 5.56 Å². The molecule has 0 radical (unpaired) electrons. The summed E-state index contributed by atoms with van der Waals surface area (Å²) in [4.78, 5) is 14.3. The van der Waals surface area contributed by atoms with E-state index < -0.39 is 0 Å². The van der Waals surface area contributed by atoms with E-state index in [1.54, 1.807) is 26.1 Å². The number of amides is 1. The van der Waals surface area contributed by atoms with Crippen molar-refractivity contribution >= 4 is 22.7 Å². The molecule has 0 aliphatic rings. The van der Waals surface area contributed by atoms with Crippen LogP contribution in [-0.4, -0.2) is 37.9 Å². The predicted octanol–water partition coefficient (Wildman–Crippen LogP) is 3.93. The summed E-state index contributed by atoms with van der Waals surface area (Å²) >= 11 is 1.20. The van der Waals surface area contributed by atoms with E-state index in [0.29, 0.717) is 6.54 Å². The number of hydrogen-bond acceptors (Lipinski definition) is 4. The Labute approximate surface area is 147 Å². The Balaban J connectivity index is 1.97. The van der Waals surface area contributed by atoms with Gasteiger partial charge in [0.05, 0.1) is 13.7 Å². The average Bonchev–Trinajstić information content (AvgIpc) is 2.60. The number of anilines is 1. The molecule has 0 unspecified atom stereocenters. The van der Waals surface area contributed by atoms with Crippen LogP contribution in [0.3, 0.4) is 0 Å². The molecule has 0 saturated carbocycles. The Hall–Kier alpha value is -2.58. The molecule has 0 fully saturated rings. The number of methoxy groups -OCH3 is 1. The highest BCUT2D eigenvalue weighted by Gasteiger charge is 2.09. The minimum absolute atomic E-state index is 0.00596. The third-order valence-corrected chi connectivity index (χ3v) is 4.26. The number of carbonyl (C=O) groups is 1. The lowest BCUT2D eigenvalue weighted by Gasteiger charge is -2.12. The van der Waals surface area contributed by atoms with Gasteiger partial charge in [-0.25, -0.2) is 0 Å². The number of ether oxygens (including phenoxy) is 1. The van der Waals surface area contributed by atoms with E-state index in [1.807, 2.05) is 48.5 Å². The first-order valence-electron chi connectivity index (χ1n) is 7.45. The van der Waals surface area contributed by atoms with Gasteiger partial charge in [0, 0.05) is 30.2 Å². The Morgan fingerprint density at radius 2 is 1.88 bits per heavy atom. The van der Waals surface area contributed by atoms with Crippen LogP contribution in [0.25, 0.3) is 0 Å². The fourth-order valence-corrected chi connectivity index (χ4v) is 2.61. The zero-order valence-electron chi connectivity index (χ0n) is 14.0. The van der Waals surface area contributed by atoms with Crippen molar-refractivity contribution in [3.05, 3.63) is 54.1 Å². The number of nitrogens with zero attached hydrogens (tertiary/aromatic N) is 1. The van der Waals surface area contributed by atoms with Gasteiger partial charge in [0.25, 0.3) is 5.24 Å². The number of rotatable bonds is 4. The molecule has 2 rings (SSSR count). The molecule has 0 spiro atoms. The number of thioether (sulfide) groups is 1. The Bertz CT molecular complexity index is 746. The molecule has 1 amide bonds. The van der Waals surface area contributed by atoms with Gasteiger partial charge in [-0.15, -0.1) is 0 Å². The molecule has 124 valence electrons. The van der Waals surface area contributed by atoms with Gasteiger partial charge in [-0.1, -0.05) is 24.0 Å². The molecular formula is C19H20N2O2S. The van der Waals surface area contributed by atoms with E-state index >= 15 is 0 Å². The smallest absolute Gasteiger partial charge is 0.286 e. The summed E-state index contributed by atoms with van der Waals surface area (Å²) in [6.45, 7) is 0.500. The highest BCUT2D eigenvalue weighted by Crippen LogP contribution is 2.28. The molecule has 0 aliphatic heterocycles. The predicted molar refractivity (Wildman–Crippen MR) is 99.7 cm³/mol. The normalized spacial score (nSPS) is 9.62. The molecule has 4 nitrogen and oxygen atoms in total. The second-order valence-electron chi connectivity index (χ2n) is 5.14. The van der Waals surface area contributed by atoms with Crippen molar-refractivity contribution in [2.45, 2.75) is 4.90 Å². The maximum Gasteiger partial charge on any atom is 0.286 e. The minimum atomic E-state index is -0.00596. The zero-order valence-corrected chi connectivity index (χ0v) is 14.8. The standard InChI is InChI=1S/C19H20N2O2S/c1-21(2)19(22)24-18-9-5-4-8-17(18)20-14-6-7-15-10-12-16(23-3)13-11-15/h4-5,8-13,20H,14H2,1-3H3. The molecule has 0 atom stereocenters. The first kappa shape index (κ1) is 17.8. The number of nitrogens with one attached hydrogen (secondary N) is 1. The maximum absolute atomic E-state index is 11.9. The fraction of sp³-hybridized carbons (Fsp3) is 0.211. The van der Waals surface area contributed by atoms with Crippen molar-refractivity contribution in [1.29, 1.82) is 0 Å². The highest BCUT2D eigenvalue weighted by atomic mass is 32.2. The Morgan fingerprint density at radius 3 is 2.54 bits per heavy atom. The first-order valence-corrected chi connectivity index (χ1v) is 8.27. The third-order valence-electron chi connectivity index (χ3n) is 3.14. The average molecular weight is 340 g/mol. The van der Waals surface area contributed by atoms with Crippen LogP contribution >= 0.6 is 11.8 Å². The quantitative estimate of drug-likeness (QED) is 0.676. The van der Waals surface area contributed by atoms with E-state index in [9.17, 15) is 4.79 Å². The lowest BCUT2D eigenvalue weighted by atomic mass is 10.2. The van der Waals surface area contributed by atoms with Crippen LogP contribution in [0.15, 0.2) is 53.4 Å². The minimum Gasteiger partial charge on any atom is -0.497 e. The van der Waals surface area contributed by atoms with Crippen LogP contribution < -0.4 is 10.1 Å². The van der Waals surface area contributed by atoms with E-state index in [-0.39, 0.29) is 5.24 Å². The largest absolute Gasteiger partial charge is 0.497 e. The van der Waals surface area contributed by atoms with Crippen molar-refractivity contribution in [2.24, 2.45) is 0 Å². The molecule has 2 aromatic rings. The van der Waals surface area contributed by atoms with Gasteiger partial charge in [-0.05, 0) is 48.2 Å². The second kappa shape index (κ2) is 8.90. The molecule has 0 aromatic heterocycles. The monoisotopic (exact) mass is 340 g/mol. The van der Waals surface area contributed by atoms with Crippen LogP contribution in [0, 0.1) is 11.8 Å². The molecule has 0 heterocycles. The van der Waals surface area contributed by atoms with Crippen molar-refractivity contribution in [1.82, 2.24) is 4.90 Å². The van der Waals surface area contributed by atoms with Crippen LogP contribution in [0.5, 0.6) is 5.75 Å². The molecule has 0 saturated heterocycles. The second-order valence-corrected chi connectivity index (χ2v) is 6.14. The lowest BCUT2D eigenvalue weighted by molar-refractivity contribution is 0.241. The fourth-order valence-electron chi connectivity index (χ4n) is 1.85. The van der Waals surface area contributed by atoms with Crippen molar-refractivity contribution < 1.29 is 9.53 Å². The highest BCUT2D eigenvalue weighted by molar-refractivity contribution is 8.13. The molecule has 24 heavy (non-hydrogen) atoms. The Morgan fingerprint density at radius 1 is 1.17 bits per heavy atom. The lowest BCUT2D eigenvalue weighted by Crippen LogP contribution is -2.16. The van der Waals surface area contributed by atoms with Crippen molar-refractivity contribution in [3.63, 3.8) is 0 Å². The molecule has 5 heteroatoms. The van der Waals surface area contributed by atoms with Gasteiger partial charge in [0.2, 0.25) is 0 Å². The summed E-state index contributed by atoms with van der Waals surface area (Å²) in [6.07, 6.45) is 0. The number of carbonyl (C=O) groups excluding carboxylic acids is 1. The van der Waals surface area contributed by atoms with E-state index in [0.717, 1.165) is 21.9 Å². The third kappa shape index (κ3) is 5.25. The van der Waals surface area contributed by atoms with Gasteiger partial charge in [0.1, 0.15) is 5.75 Å². The van der Waals surface area contributed by atoms with Gasteiger partial charge in [0.15, 0.2) is 0 Å². The molecule has 0 bridgehead atoms. The van der Waals surface area contributed by atoms with Gasteiger partial charge in [-0.2, -0.15) is 0 Å². The summed E-state index contributed by atoms with van der Waals surface area (Å²) in [5.41, 5.74) is 1.84. The SMILES string of the molecule is COc1ccc(C#CCNc2ccccc2SC(=O)N(C)C)cc1. The molecule has 0 aliphatic carbocycles. The number of benzene rings is 2.